The normalized spacial score (nSPS) is 21.3. The van der Waals surface area contributed by atoms with Crippen molar-refractivity contribution in [2.45, 2.75) is 37.0 Å². The Morgan fingerprint density at radius 3 is 1.55 bits per heavy atom. The zero-order valence-corrected chi connectivity index (χ0v) is 42.0. The highest BCUT2D eigenvalue weighted by Gasteiger charge is 2.40. The zero-order chi connectivity index (χ0) is 51.2. The molecule has 0 bridgehead atoms. The Hall–Kier alpha value is -10.0. The SMILES string of the molecule is N=C1C=CC(=NC2=CC3C(=NC4=CC=C(Nc5ccc6c(c5)N(c5ccccc5)c5cc(NC7=CC=C8N=C9C=CC(Nc%10ccccc%10)=CC9N(c9ccccc9)C8C7)ccc5N6)CC4N3c3ccccc3)C=C2)C=C1. The summed E-state index contributed by atoms with van der Waals surface area (Å²) in [6.07, 6.45) is 30.4. The monoisotopic (exact) mass is 999 g/mol. The molecule has 77 heavy (non-hydrogen) atoms. The third-order valence-corrected chi connectivity index (χ3v) is 15.0. The third kappa shape index (κ3) is 8.93. The molecule has 3 heterocycles. The molecular formula is C66H53N11. The van der Waals surface area contributed by atoms with Crippen LogP contribution >= 0.6 is 0 Å². The van der Waals surface area contributed by atoms with Crippen LogP contribution in [-0.4, -0.2) is 47.0 Å². The summed E-state index contributed by atoms with van der Waals surface area (Å²) in [4.78, 5) is 22.8. The fourth-order valence-corrected chi connectivity index (χ4v) is 11.5. The quantitative estimate of drug-likeness (QED) is 0.0866. The van der Waals surface area contributed by atoms with Gasteiger partial charge in [-0.25, -0.2) is 4.99 Å². The van der Waals surface area contributed by atoms with Crippen LogP contribution in [0.15, 0.2) is 292 Å². The number of para-hydroxylation sites is 4. The number of rotatable bonds is 10. The van der Waals surface area contributed by atoms with Crippen LogP contribution < -0.4 is 36.0 Å². The third-order valence-electron chi connectivity index (χ3n) is 15.0. The number of benzene rings is 6. The molecule has 0 fully saturated rings. The van der Waals surface area contributed by atoms with Crippen molar-refractivity contribution in [1.82, 2.24) is 0 Å². The number of fused-ring (bicyclic) bond motifs is 6. The predicted molar refractivity (Wildman–Crippen MR) is 319 cm³/mol. The number of hydrogen-bond donors (Lipinski definition) is 5. The van der Waals surface area contributed by atoms with Crippen molar-refractivity contribution in [2.24, 2.45) is 15.0 Å². The summed E-state index contributed by atoms with van der Waals surface area (Å²) in [5.41, 5.74) is 20.0. The molecule has 5 N–H and O–H groups in total. The van der Waals surface area contributed by atoms with Crippen LogP contribution in [0, 0.1) is 5.41 Å². The summed E-state index contributed by atoms with van der Waals surface area (Å²) in [6.45, 7) is 0. The number of allylic oxidation sites excluding steroid dienone is 10. The molecule has 0 radical (unpaired) electrons. The molecule has 3 aliphatic heterocycles. The molecule has 6 aromatic carbocycles. The fraction of sp³-hybridized carbons (Fsp3) is 0.0909. The fourth-order valence-electron chi connectivity index (χ4n) is 11.5. The molecule has 11 nitrogen and oxygen atoms in total. The van der Waals surface area contributed by atoms with Gasteiger partial charge in [-0.3, -0.25) is 9.98 Å². The highest BCUT2D eigenvalue weighted by atomic mass is 15.3. The van der Waals surface area contributed by atoms with Gasteiger partial charge in [0, 0.05) is 64.1 Å². The minimum absolute atomic E-state index is 0.0117. The summed E-state index contributed by atoms with van der Waals surface area (Å²) >= 11 is 0. The van der Waals surface area contributed by atoms with Crippen molar-refractivity contribution in [1.29, 1.82) is 5.41 Å². The van der Waals surface area contributed by atoms with E-state index in [4.69, 9.17) is 20.4 Å². The number of hydrogen-bond acceptors (Lipinski definition) is 11. The summed E-state index contributed by atoms with van der Waals surface area (Å²) < 4.78 is 0. The number of nitrogens with one attached hydrogen (secondary N) is 5. The van der Waals surface area contributed by atoms with E-state index in [1.54, 1.807) is 12.2 Å². The first-order valence-corrected chi connectivity index (χ1v) is 26.2. The Kier molecular flexibility index (Phi) is 11.5. The molecule has 0 saturated carbocycles. The van der Waals surface area contributed by atoms with E-state index in [9.17, 15) is 0 Å². The summed E-state index contributed by atoms with van der Waals surface area (Å²) in [5.74, 6) is 0. The van der Waals surface area contributed by atoms with E-state index >= 15 is 0 Å². The smallest absolute Gasteiger partial charge is 0.0928 e. The van der Waals surface area contributed by atoms with Gasteiger partial charge >= 0.3 is 0 Å². The number of nitrogens with zero attached hydrogens (tertiary/aromatic N) is 6. The molecule has 4 atom stereocenters. The molecule has 0 amide bonds. The largest absolute Gasteiger partial charge is 0.359 e. The lowest BCUT2D eigenvalue weighted by Crippen LogP contribution is -2.52. The molecule has 0 saturated heterocycles. The number of anilines is 10. The predicted octanol–water partition coefficient (Wildman–Crippen LogP) is 14.4. The molecular weight excluding hydrogens is 947 g/mol. The Morgan fingerprint density at radius 1 is 0.481 bits per heavy atom. The molecule has 14 rings (SSSR count). The van der Waals surface area contributed by atoms with E-state index in [0.29, 0.717) is 5.71 Å². The van der Waals surface area contributed by atoms with Crippen LogP contribution in [0.2, 0.25) is 0 Å². The van der Waals surface area contributed by atoms with Crippen LogP contribution in [0.4, 0.5) is 56.9 Å². The van der Waals surface area contributed by atoms with Gasteiger partial charge in [0.05, 0.1) is 86.9 Å². The molecule has 11 heteroatoms. The van der Waals surface area contributed by atoms with E-state index in [0.717, 1.165) is 121 Å². The Labute approximate surface area is 448 Å². The highest BCUT2D eigenvalue weighted by Crippen LogP contribution is 2.50. The van der Waals surface area contributed by atoms with E-state index in [-0.39, 0.29) is 24.2 Å². The Balaban J connectivity index is 0.739. The minimum Gasteiger partial charge on any atom is -0.359 e. The van der Waals surface area contributed by atoms with Crippen LogP contribution in [-0.2, 0) is 0 Å². The topological polar surface area (TPSA) is 119 Å². The molecule has 6 aromatic rings. The molecule has 372 valence electrons. The standard InChI is InChI=1S/C66H53N11/c67-43-21-23-45(24-22-43)69-47-26-32-56-62(38-47)76(53-17-9-3-10-18-53)64-40-49(28-34-58(64)73-56)71-51-30-36-60-66(42-51)77(54-19-11-4-12-20-54)65-41-50(29-35-59(65)74-60)70-48-27-33-57-63(39-48)75(52-15-7-2-8-16-52)61-37-46(25-31-55(61)72-57)68-44-13-5-1-6-14-44/h1-38,41-42,61-64,67-68,70-71,74H,39-40H2. The van der Waals surface area contributed by atoms with Gasteiger partial charge < -0.3 is 41.4 Å². The lowest BCUT2D eigenvalue weighted by atomic mass is 9.91. The van der Waals surface area contributed by atoms with E-state index in [1.165, 1.54) is 0 Å². The van der Waals surface area contributed by atoms with Crippen molar-refractivity contribution >= 4 is 79.7 Å². The first-order valence-electron chi connectivity index (χ1n) is 26.2. The average Bonchev–Trinajstić information content (AvgIpc) is 3.48. The van der Waals surface area contributed by atoms with Crippen LogP contribution in [0.3, 0.4) is 0 Å². The first-order chi connectivity index (χ1) is 38.0. The van der Waals surface area contributed by atoms with Gasteiger partial charge in [-0.15, -0.1) is 0 Å². The van der Waals surface area contributed by atoms with Crippen molar-refractivity contribution in [3.8, 4) is 0 Å². The second kappa shape index (κ2) is 19.4. The van der Waals surface area contributed by atoms with Gasteiger partial charge in [-0.1, -0.05) is 72.8 Å². The van der Waals surface area contributed by atoms with Gasteiger partial charge in [0.1, 0.15) is 0 Å². The van der Waals surface area contributed by atoms with Crippen molar-refractivity contribution < 1.29 is 0 Å². The lowest BCUT2D eigenvalue weighted by Gasteiger charge is -2.45. The van der Waals surface area contributed by atoms with Crippen LogP contribution in [0.25, 0.3) is 0 Å². The van der Waals surface area contributed by atoms with Crippen molar-refractivity contribution in [3.05, 3.63) is 277 Å². The summed E-state index contributed by atoms with van der Waals surface area (Å²) in [7, 11) is 0. The lowest BCUT2D eigenvalue weighted by molar-refractivity contribution is 0.619. The Morgan fingerprint density at radius 2 is 0.987 bits per heavy atom. The van der Waals surface area contributed by atoms with Crippen LogP contribution in [0.1, 0.15) is 12.8 Å². The van der Waals surface area contributed by atoms with Gasteiger partial charge in [0.15, 0.2) is 0 Å². The molecule has 0 spiro atoms. The maximum atomic E-state index is 7.94. The summed E-state index contributed by atoms with van der Waals surface area (Å²) in [6, 6.07) is 55.3. The van der Waals surface area contributed by atoms with E-state index < -0.39 is 0 Å². The second-order valence-corrected chi connectivity index (χ2v) is 20.0. The summed E-state index contributed by atoms with van der Waals surface area (Å²) in [5, 5.41) is 23.1. The Bertz CT molecular complexity index is 3780. The molecule has 4 unspecified atom stereocenters. The van der Waals surface area contributed by atoms with E-state index in [1.807, 2.05) is 24.3 Å². The molecule has 5 aliphatic carbocycles. The second-order valence-electron chi connectivity index (χ2n) is 20.0. The first kappa shape index (κ1) is 45.6. The highest BCUT2D eigenvalue weighted by molar-refractivity contribution is 6.18. The minimum atomic E-state index is -0.114. The molecule has 0 aromatic heterocycles. The maximum absolute atomic E-state index is 7.94. The van der Waals surface area contributed by atoms with Crippen molar-refractivity contribution in [2.75, 3.05) is 36.0 Å². The van der Waals surface area contributed by atoms with Crippen LogP contribution in [0.5, 0.6) is 0 Å². The average molecular weight is 1000 g/mol. The van der Waals surface area contributed by atoms with E-state index in [2.05, 4.69) is 242 Å². The molecule has 8 aliphatic rings. The van der Waals surface area contributed by atoms with Crippen molar-refractivity contribution in [3.63, 3.8) is 0 Å². The number of aliphatic imine (C=N–C) groups is 3. The van der Waals surface area contributed by atoms with Gasteiger partial charge in [0.2, 0.25) is 0 Å². The van der Waals surface area contributed by atoms with Gasteiger partial charge in [0.25, 0.3) is 0 Å². The maximum Gasteiger partial charge on any atom is 0.0928 e. The van der Waals surface area contributed by atoms with Gasteiger partial charge in [-0.2, -0.15) is 0 Å². The zero-order valence-electron chi connectivity index (χ0n) is 42.0. The van der Waals surface area contributed by atoms with Gasteiger partial charge in [-0.05, 0) is 170 Å².